The number of anilines is 1. The lowest BCUT2D eigenvalue weighted by Crippen LogP contribution is -2.34. The first kappa shape index (κ1) is 15.0. The number of pyridine rings is 2. The zero-order valence-electron chi connectivity index (χ0n) is 13.4. The zero-order valence-corrected chi connectivity index (χ0v) is 13.4. The average Bonchev–Trinajstić information content (AvgIpc) is 2.56. The van der Waals surface area contributed by atoms with E-state index < -0.39 is 0 Å². The number of rotatable bonds is 4. The van der Waals surface area contributed by atoms with E-state index in [0.29, 0.717) is 5.92 Å². The summed E-state index contributed by atoms with van der Waals surface area (Å²) in [6, 6.07) is 8.58. The van der Waals surface area contributed by atoms with Crippen molar-refractivity contribution < 1.29 is 0 Å². The number of hydrogen-bond acceptors (Lipinski definition) is 4. The summed E-state index contributed by atoms with van der Waals surface area (Å²) in [4.78, 5) is 13.3. The summed E-state index contributed by atoms with van der Waals surface area (Å²) in [5.74, 6) is 1.65. The molecule has 2 aromatic rings. The summed E-state index contributed by atoms with van der Waals surface area (Å²) in [5, 5.41) is 0. The highest BCUT2D eigenvalue weighted by Gasteiger charge is 2.21. The van der Waals surface area contributed by atoms with Gasteiger partial charge in [0.15, 0.2) is 0 Å². The zero-order chi connectivity index (χ0) is 15.4. The fraction of sp³-hybridized carbons (Fsp3) is 0.444. The molecule has 4 nitrogen and oxygen atoms in total. The van der Waals surface area contributed by atoms with Gasteiger partial charge in [-0.3, -0.25) is 9.88 Å². The molecule has 0 amide bonds. The van der Waals surface area contributed by atoms with Crippen molar-refractivity contribution in [3.05, 3.63) is 54.0 Å². The Morgan fingerprint density at radius 1 is 1.27 bits per heavy atom. The summed E-state index contributed by atoms with van der Waals surface area (Å²) >= 11 is 0. The van der Waals surface area contributed by atoms with E-state index in [9.17, 15) is 0 Å². The van der Waals surface area contributed by atoms with Gasteiger partial charge >= 0.3 is 0 Å². The second-order valence-electron chi connectivity index (χ2n) is 6.28. The molecule has 1 saturated heterocycles. The Bertz CT molecular complexity index is 597. The van der Waals surface area contributed by atoms with Crippen LogP contribution in [0, 0.1) is 0 Å². The van der Waals surface area contributed by atoms with Crippen molar-refractivity contribution in [2.45, 2.75) is 25.3 Å². The standard InChI is InChI=1S/C18H24N4/c1-21(2)18-11-16(7-9-20-18)17-6-4-10-22(14-17)13-15-5-3-8-19-12-15/h3,5,7-9,11-12,17H,4,6,10,13-14H2,1-2H3. The maximum Gasteiger partial charge on any atom is 0.128 e. The van der Waals surface area contributed by atoms with Crippen molar-refractivity contribution in [1.29, 1.82) is 0 Å². The van der Waals surface area contributed by atoms with Gasteiger partial charge in [-0.15, -0.1) is 0 Å². The molecule has 0 bridgehead atoms. The summed E-state index contributed by atoms with van der Waals surface area (Å²) < 4.78 is 0. The van der Waals surface area contributed by atoms with Crippen molar-refractivity contribution in [3.63, 3.8) is 0 Å². The molecule has 0 aromatic carbocycles. The van der Waals surface area contributed by atoms with Crippen LogP contribution in [0.2, 0.25) is 0 Å². The van der Waals surface area contributed by atoms with Crippen LogP contribution in [0.15, 0.2) is 42.9 Å². The van der Waals surface area contributed by atoms with Crippen LogP contribution in [-0.4, -0.2) is 42.1 Å². The van der Waals surface area contributed by atoms with E-state index >= 15 is 0 Å². The summed E-state index contributed by atoms with van der Waals surface area (Å²) in [5.41, 5.74) is 2.71. The van der Waals surface area contributed by atoms with Gasteiger partial charge in [-0.1, -0.05) is 6.07 Å². The van der Waals surface area contributed by atoms with E-state index in [0.717, 1.165) is 18.9 Å². The number of likely N-dealkylation sites (tertiary alicyclic amines) is 1. The minimum atomic E-state index is 0.604. The lowest BCUT2D eigenvalue weighted by molar-refractivity contribution is 0.200. The van der Waals surface area contributed by atoms with Gasteiger partial charge < -0.3 is 4.90 Å². The van der Waals surface area contributed by atoms with E-state index in [4.69, 9.17) is 0 Å². The number of piperidine rings is 1. The van der Waals surface area contributed by atoms with Crippen LogP contribution in [0.25, 0.3) is 0 Å². The third-order valence-corrected chi connectivity index (χ3v) is 4.33. The largest absolute Gasteiger partial charge is 0.363 e. The Labute approximate surface area is 132 Å². The average molecular weight is 296 g/mol. The second kappa shape index (κ2) is 6.88. The molecule has 1 atom stereocenters. The molecule has 3 rings (SSSR count). The van der Waals surface area contributed by atoms with Crippen molar-refractivity contribution in [3.8, 4) is 0 Å². The first-order chi connectivity index (χ1) is 10.7. The predicted molar refractivity (Wildman–Crippen MR) is 90.1 cm³/mol. The van der Waals surface area contributed by atoms with Gasteiger partial charge in [0.05, 0.1) is 0 Å². The molecule has 4 heteroatoms. The lowest BCUT2D eigenvalue weighted by atomic mass is 9.91. The molecule has 3 heterocycles. The molecule has 0 saturated carbocycles. The van der Waals surface area contributed by atoms with E-state index in [1.54, 1.807) is 0 Å². The third-order valence-electron chi connectivity index (χ3n) is 4.33. The Morgan fingerprint density at radius 3 is 2.95 bits per heavy atom. The Kier molecular flexibility index (Phi) is 4.68. The molecular formula is C18H24N4. The molecular weight excluding hydrogens is 272 g/mol. The van der Waals surface area contributed by atoms with E-state index in [2.05, 4.69) is 38.0 Å². The molecule has 1 unspecified atom stereocenters. The third kappa shape index (κ3) is 3.63. The second-order valence-corrected chi connectivity index (χ2v) is 6.28. The van der Waals surface area contributed by atoms with Crippen LogP contribution in [0.3, 0.4) is 0 Å². The first-order valence-corrected chi connectivity index (χ1v) is 7.97. The highest BCUT2D eigenvalue weighted by Crippen LogP contribution is 2.28. The minimum absolute atomic E-state index is 0.604. The molecule has 1 aliphatic rings. The van der Waals surface area contributed by atoms with Crippen LogP contribution in [0.1, 0.15) is 29.9 Å². The van der Waals surface area contributed by atoms with Crippen molar-refractivity contribution in [1.82, 2.24) is 14.9 Å². The summed E-state index contributed by atoms with van der Waals surface area (Å²) in [6.07, 6.45) is 8.26. The van der Waals surface area contributed by atoms with Gasteiger partial charge in [-0.05, 0) is 54.6 Å². The molecule has 116 valence electrons. The van der Waals surface area contributed by atoms with Crippen molar-refractivity contribution in [2.75, 3.05) is 32.1 Å². The predicted octanol–water partition coefficient (Wildman–Crippen LogP) is 2.92. The molecule has 1 aliphatic heterocycles. The Hall–Kier alpha value is -1.94. The Morgan fingerprint density at radius 2 is 2.18 bits per heavy atom. The van der Waals surface area contributed by atoms with Crippen LogP contribution < -0.4 is 4.90 Å². The SMILES string of the molecule is CN(C)c1cc(C2CCCN(Cc3cccnc3)C2)ccn1. The van der Waals surface area contributed by atoms with E-state index in [-0.39, 0.29) is 0 Å². The maximum absolute atomic E-state index is 4.42. The quantitative estimate of drug-likeness (QED) is 0.868. The van der Waals surface area contributed by atoms with Crippen molar-refractivity contribution >= 4 is 5.82 Å². The van der Waals surface area contributed by atoms with Gasteiger partial charge in [0.1, 0.15) is 5.82 Å². The fourth-order valence-electron chi connectivity index (χ4n) is 3.15. The highest BCUT2D eigenvalue weighted by atomic mass is 15.1. The van der Waals surface area contributed by atoms with E-state index in [1.807, 2.05) is 38.8 Å². The molecule has 22 heavy (non-hydrogen) atoms. The molecule has 0 aliphatic carbocycles. The van der Waals surface area contributed by atoms with Gasteiger partial charge in [0.25, 0.3) is 0 Å². The topological polar surface area (TPSA) is 32.3 Å². The van der Waals surface area contributed by atoms with Gasteiger partial charge in [0.2, 0.25) is 0 Å². The van der Waals surface area contributed by atoms with Crippen LogP contribution in [0.4, 0.5) is 5.82 Å². The van der Waals surface area contributed by atoms with Crippen molar-refractivity contribution in [2.24, 2.45) is 0 Å². The molecule has 0 N–H and O–H groups in total. The normalized spacial score (nSPS) is 19.1. The summed E-state index contributed by atoms with van der Waals surface area (Å²) in [7, 11) is 4.09. The molecule has 1 fully saturated rings. The lowest BCUT2D eigenvalue weighted by Gasteiger charge is -2.33. The molecule has 2 aromatic heterocycles. The van der Waals surface area contributed by atoms with Gasteiger partial charge in [-0.2, -0.15) is 0 Å². The molecule has 0 radical (unpaired) electrons. The summed E-state index contributed by atoms with van der Waals surface area (Å²) in [6.45, 7) is 3.29. The van der Waals surface area contributed by atoms with Crippen LogP contribution in [-0.2, 0) is 6.54 Å². The first-order valence-electron chi connectivity index (χ1n) is 7.97. The van der Waals surface area contributed by atoms with Gasteiger partial charge in [-0.25, -0.2) is 4.98 Å². The van der Waals surface area contributed by atoms with Crippen LogP contribution >= 0.6 is 0 Å². The fourth-order valence-corrected chi connectivity index (χ4v) is 3.15. The smallest absolute Gasteiger partial charge is 0.128 e. The number of aromatic nitrogens is 2. The maximum atomic E-state index is 4.42. The van der Waals surface area contributed by atoms with Crippen LogP contribution in [0.5, 0.6) is 0 Å². The number of hydrogen-bond donors (Lipinski definition) is 0. The monoisotopic (exact) mass is 296 g/mol. The Balaban J connectivity index is 1.69. The van der Waals surface area contributed by atoms with E-state index in [1.165, 1.54) is 30.5 Å². The highest BCUT2D eigenvalue weighted by molar-refractivity contribution is 5.40. The minimum Gasteiger partial charge on any atom is -0.363 e. The number of nitrogens with zero attached hydrogens (tertiary/aromatic N) is 4. The van der Waals surface area contributed by atoms with Gasteiger partial charge in [0, 0.05) is 45.8 Å². The molecule has 0 spiro atoms.